The van der Waals surface area contributed by atoms with Gasteiger partial charge in [0.1, 0.15) is 5.54 Å². The highest BCUT2D eigenvalue weighted by Crippen LogP contribution is 2.34. The van der Waals surface area contributed by atoms with Gasteiger partial charge in [0, 0.05) is 18.8 Å². The van der Waals surface area contributed by atoms with Gasteiger partial charge in [-0.3, -0.25) is 10.1 Å². The first kappa shape index (κ1) is 19.2. The van der Waals surface area contributed by atoms with Gasteiger partial charge >= 0.3 is 12.1 Å². The number of rotatable bonds is 4. The first-order valence-electron chi connectivity index (χ1n) is 9.63. The predicted octanol–water partition coefficient (Wildman–Crippen LogP) is 2.93. The maximum atomic E-state index is 12.7. The van der Waals surface area contributed by atoms with E-state index in [1.807, 2.05) is 39.0 Å². The van der Waals surface area contributed by atoms with E-state index in [1.165, 1.54) is 0 Å². The van der Waals surface area contributed by atoms with Crippen molar-refractivity contribution in [3.05, 3.63) is 29.3 Å². The zero-order valence-electron chi connectivity index (χ0n) is 16.2. The molecule has 0 radical (unpaired) electrons. The van der Waals surface area contributed by atoms with Crippen LogP contribution in [0, 0.1) is 19.8 Å². The summed E-state index contributed by atoms with van der Waals surface area (Å²) in [6, 6.07) is 5.40. The molecule has 2 aliphatic heterocycles. The molecule has 0 spiro atoms. The SMILES string of the molecule is CCC[C@@]1(C2CCN(C(=O)Nc3c(C)cccc3C)CC2)NC(=O)NC1=O. The molecular formula is C20H28N4O3. The number of hydrogen-bond acceptors (Lipinski definition) is 3. The van der Waals surface area contributed by atoms with E-state index in [2.05, 4.69) is 16.0 Å². The number of aryl methyl sites for hydroxylation is 2. The monoisotopic (exact) mass is 372 g/mol. The molecule has 7 nitrogen and oxygen atoms in total. The molecule has 0 aromatic heterocycles. The summed E-state index contributed by atoms with van der Waals surface area (Å²) in [5.41, 5.74) is 2.09. The minimum atomic E-state index is -0.832. The fraction of sp³-hybridized carbons (Fsp3) is 0.550. The lowest BCUT2D eigenvalue weighted by molar-refractivity contribution is -0.126. The van der Waals surface area contributed by atoms with E-state index in [1.54, 1.807) is 4.90 Å². The van der Waals surface area contributed by atoms with Crippen LogP contribution in [0.5, 0.6) is 0 Å². The van der Waals surface area contributed by atoms with Gasteiger partial charge in [0.25, 0.3) is 5.91 Å². The fourth-order valence-corrected chi connectivity index (χ4v) is 4.34. The standard InChI is InChI=1S/C20H28N4O3/c1-4-10-20(17(25)22-18(26)23-20)15-8-11-24(12-9-15)19(27)21-16-13(2)6-5-7-14(16)3/h5-7,15H,4,8-12H2,1-3H3,(H,21,27)(H2,22,23,25,26)/t20-/m0/s1. The van der Waals surface area contributed by atoms with Crippen LogP contribution < -0.4 is 16.0 Å². The quantitative estimate of drug-likeness (QED) is 0.710. The second kappa shape index (κ2) is 7.58. The van der Waals surface area contributed by atoms with Crippen molar-refractivity contribution in [2.75, 3.05) is 18.4 Å². The lowest BCUT2D eigenvalue weighted by Gasteiger charge is -2.40. The topological polar surface area (TPSA) is 90.5 Å². The second-order valence-electron chi connectivity index (χ2n) is 7.59. The smallest absolute Gasteiger partial charge is 0.322 e. The number of piperidine rings is 1. The molecule has 5 amide bonds. The molecule has 1 aromatic rings. The maximum Gasteiger partial charge on any atom is 0.322 e. The van der Waals surface area contributed by atoms with E-state index in [0.717, 1.165) is 23.2 Å². The van der Waals surface area contributed by atoms with Crippen molar-refractivity contribution in [1.29, 1.82) is 0 Å². The fourth-order valence-electron chi connectivity index (χ4n) is 4.34. The number of likely N-dealkylation sites (tertiary alicyclic amines) is 1. The summed E-state index contributed by atoms with van der Waals surface area (Å²) < 4.78 is 0. The van der Waals surface area contributed by atoms with Crippen LogP contribution in [-0.4, -0.2) is 41.5 Å². The van der Waals surface area contributed by atoms with Gasteiger partial charge in [-0.25, -0.2) is 9.59 Å². The van der Waals surface area contributed by atoms with Crippen molar-refractivity contribution < 1.29 is 14.4 Å². The van der Waals surface area contributed by atoms with Gasteiger partial charge in [0.2, 0.25) is 0 Å². The maximum absolute atomic E-state index is 12.7. The van der Waals surface area contributed by atoms with Crippen LogP contribution in [0.3, 0.4) is 0 Å². The Labute approximate surface area is 159 Å². The van der Waals surface area contributed by atoms with Gasteiger partial charge in [0.15, 0.2) is 0 Å². The van der Waals surface area contributed by atoms with Gasteiger partial charge in [-0.2, -0.15) is 0 Å². The van der Waals surface area contributed by atoms with Gasteiger partial charge in [-0.1, -0.05) is 31.5 Å². The van der Waals surface area contributed by atoms with Crippen LogP contribution >= 0.6 is 0 Å². The average molecular weight is 372 g/mol. The number of nitrogens with one attached hydrogen (secondary N) is 3. The van der Waals surface area contributed by atoms with Crippen molar-refractivity contribution >= 4 is 23.7 Å². The number of carbonyl (C=O) groups is 3. The lowest BCUT2D eigenvalue weighted by atomic mass is 9.75. The Kier molecular flexibility index (Phi) is 5.39. The molecule has 2 fully saturated rings. The Bertz CT molecular complexity index is 735. The van der Waals surface area contributed by atoms with E-state index in [9.17, 15) is 14.4 Å². The van der Waals surface area contributed by atoms with Gasteiger partial charge in [0.05, 0.1) is 0 Å². The van der Waals surface area contributed by atoms with Crippen molar-refractivity contribution in [3.8, 4) is 0 Å². The number of imide groups is 1. The van der Waals surface area contributed by atoms with Crippen molar-refractivity contribution in [3.63, 3.8) is 0 Å². The molecule has 146 valence electrons. The zero-order valence-corrected chi connectivity index (χ0v) is 16.2. The average Bonchev–Trinajstić information content (AvgIpc) is 2.93. The van der Waals surface area contributed by atoms with Crippen molar-refractivity contribution in [1.82, 2.24) is 15.5 Å². The Morgan fingerprint density at radius 1 is 1.22 bits per heavy atom. The number of nitrogens with zero attached hydrogens (tertiary/aromatic N) is 1. The summed E-state index contributed by atoms with van der Waals surface area (Å²) in [4.78, 5) is 38.6. The summed E-state index contributed by atoms with van der Waals surface area (Å²) >= 11 is 0. The molecule has 1 atom stereocenters. The van der Waals surface area contributed by atoms with E-state index in [0.29, 0.717) is 32.4 Å². The first-order chi connectivity index (χ1) is 12.9. The highest BCUT2D eigenvalue weighted by Gasteiger charge is 2.51. The number of urea groups is 2. The largest absolute Gasteiger partial charge is 0.325 e. The highest BCUT2D eigenvalue weighted by molar-refractivity contribution is 6.07. The van der Waals surface area contributed by atoms with Gasteiger partial charge in [-0.15, -0.1) is 0 Å². The third-order valence-corrected chi connectivity index (χ3v) is 5.81. The van der Waals surface area contributed by atoms with E-state index in [4.69, 9.17) is 0 Å². The first-order valence-corrected chi connectivity index (χ1v) is 9.63. The van der Waals surface area contributed by atoms with E-state index in [-0.39, 0.29) is 17.9 Å². The summed E-state index contributed by atoms with van der Waals surface area (Å²) in [5.74, 6) is -0.194. The van der Waals surface area contributed by atoms with Crippen molar-refractivity contribution in [2.45, 2.75) is 52.0 Å². The summed E-state index contributed by atoms with van der Waals surface area (Å²) in [6.07, 6.45) is 2.80. The molecule has 2 aliphatic rings. The van der Waals surface area contributed by atoms with Gasteiger partial charge in [-0.05, 0) is 50.2 Å². The number of anilines is 1. The Balaban J connectivity index is 1.65. The molecule has 3 rings (SSSR count). The molecule has 0 saturated carbocycles. The van der Waals surface area contributed by atoms with Crippen LogP contribution in [-0.2, 0) is 4.79 Å². The van der Waals surface area contributed by atoms with Crippen LogP contribution in [0.2, 0.25) is 0 Å². The summed E-state index contributed by atoms with van der Waals surface area (Å²) in [6.45, 7) is 7.09. The van der Waals surface area contributed by atoms with E-state index < -0.39 is 11.6 Å². The molecule has 3 N–H and O–H groups in total. The number of benzene rings is 1. The molecule has 0 unspecified atom stereocenters. The number of hydrogen-bond donors (Lipinski definition) is 3. The van der Waals surface area contributed by atoms with Crippen molar-refractivity contribution in [2.24, 2.45) is 5.92 Å². The van der Waals surface area contributed by atoms with E-state index >= 15 is 0 Å². The third kappa shape index (κ3) is 3.63. The van der Waals surface area contributed by atoms with Crippen LogP contribution in [0.15, 0.2) is 18.2 Å². The minimum absolute atomic E-state index is 0.0353. The van der Waals surface area contributed by atoms with Crippen LogP contribution in [0.25, 0.3) is 0 Å². The molecule has 2 saturated heterocycles. The minimum Gasteiger partial charge on any atom is -0.325 e. The molecular weight excluding hydrogens is 344 g/mol. The molecule has 7 heteroatoms. The van der Waals surface area contributed by atoms with Crippen LogP contribution in [0.1, 0.15) is 43.7 Å². The zero-order chi connectivity index (χ0) is 19.6. The number of carbonyl (C=O) groups excluding carboxylic acids is 3. The molecule has 0 bridgehead atoms. The summed E-state index contributed by atoms with van der Waals surface area (Å²) in [7, 11) is 0. The molecule has 1 aromatic carbocycles. The number of para-hydroxylation sites is 1. The molecule has 0 aliphatic carbocycles. The third-order valence-electron chi connectivity index (χ3n) is 5.81. The van der Waals surface area contributed by atoms with Gasteiger partial charge < -0.3 is 15.5 Å². The second-order valence-corrected chi connectivity index (χ2v) is 7.59. The predicted molar refractivity (Wildman–Crippen MR) is 104 cm³/mol. The Morgan fingerprint density at radius 3 is 2.37 bits per heavy atom. The number of amides is 5. The summed E-state index contributed by atoms with van der Waals surface area (Å²) in [5, 5.41) is 8.28. The van der Waals surface area contributed by atoms with Crippen LogP contribution in [0.4, 0.5) is 15.3 Å². The molecule has 27 heavy (non-hydrogen) atoms. The Hall–Kier alpha value is -2.57. The highest BCUT2D eigenvalue weighted by atomic mass is 16.2. The molecule has 2 heterocycles. The lowest BCUT2D eigenvalue weighted by Crippen LogP contribution is -2.56. The normalized spacial score (nSPS) is 23.1. The Morgan fingerprint density at radius 2 is 1.85 bits per heavy atom.